The van der Waals surface area contributed by atoms with Crippen LogP contribution in [0, 0.1) is 0 Å². The molecule has 0 aliphatic heterocycles. The molecule has 0 fully saturated rings. The van der Waals surface area contributed by atoms with Gasteiger partial charge in [-0.25, -0.2) is 0 Å². The molecule has 0 aliphatic carbocycles. The van der Waals surface area contributed by atoms with Crippen LogP contribution in [0.15, 0.2) is 45.8 Å². The fourth-order valence-corrected chi connectivity index (χ4v) is 1.99. The lowest BCUT2D eigenvalue weighted by Crippen LogP contribution is -2.25. The van der Waals surface area contributed by atoms with Crippen molar-refractivity contribution in [2.24, 2.45) is 7.05 Å². The molecule has 0 atom stereocenters. The van der Waals surface area contributed by atoms with E-state index in [0.717, 1.165) is 4.47 Å². The number of carbonyl (C=O) groups is 2. The van der Waals surface area contributed by atoms with E-state index in [4.69, 9.17) is 0 Å². The van der Waals surface area contributed by atoms with Gasteiger partial charge in [-0.3, -0.25) is 14.4 Å². The summed E-state index contributed by atoms with van der Waals surface area (Å²) >= 11 is 3.28. The number of aromatic nitrogens is 1. The lowest BCUT2D eigenvalue weighted by atomic mass is 10.0. The zero-order valence-electron chi connectivity index (χ0n) is 10.1. The van der Waals surface area contributed by atoms with Gasteiger partial charge in [0, 0.05) is 28.8 Å². The third-order valence-corrected chi connectivity index (χ3v) is 3.22. The van der Waals surface area contributed by atoms with Crippen molar-refractivity contribution in [2.45, 2.75) is 0 Å². The maximum atomic E-state index is 12.3. The van der Waals surface area contributed by atoms with E-state index in [2.05, 4.69) is 15.9 Å². The minimum Gasteiger partial charge on any atom is -0.317 e. The molecule has 2 aromatic rings. The molecule has 0 bridgehead atoms. The zero-order chi connectivity index (χ0) is 14.0. The first-order chi connectivity index (χ1) is 9.02. The van der Waals surface area contributed by atoms with Gasteiger partial charge in [0.25, 0.3) is 5.56 Å². The van der Waals surface area contributed by atoms with Crippen LogP contribution >= 0.6 is 15.9 Å². The van der Waals surface area contributed by atoms with Gasteiger partial charge in [0.15, 0.2) is 12.1 Å². The van der Waals surface area contributed by atoms with Crippen LogP contribution in [0.25, 0.3) is 0 Å². The van der Waals surface area contributed by atoms with Gasteiger partial charge in [-0.2, -0.15) is 0 Å². The Morgan fingerprint density at radius 1 is 1.26 bits per heavy atom. The minimum absolute atomic E-state index is 0.00516. The molecule has 5 heteroatoms. The molecule has 0 unspecified atom stereocenters. The average molecular weight is 320 g/mol. The molecule has 0 spiro atoms. The van der Waals surface area contributed by atoms with E-state index in [9.17, 15) is 14.4 Å². The van der Waals surface area contributed by atoms with Gasteiger partial charge >= 0.3 is 0 Å². The van der Waals surface area contributed by atoms with E-state index in [1.54, 1.807) is 24.3 Å². The predicted octanol–water partition coefficient (Wildman–Crippen LogP) is 2.19. The Labute approximate surface area is 117 Å². The second-order valence-electron chi connectivity index (χ2n) is 4.06. The van der Waals surface area contributed by atoms with Crippen molar-refractivity contribution < 1.29 is 9.59 Å². The molecule has 4 nitrogen and oxygen atoms in total. The Morgan fingerprint density at radius 3 is 2.47 bits per heavy atom. The van der Waals surface area contributed by atoms with Crippen molar-refractivity contribution in [3.05, 3.63) is 68.0 Å². The summed E-state index contributed by atoms with van der Waals surface area (Å²) in [5.74, 6) is -0.392. The van der Waals surface area contributed by atoms with Crippen molar-refractivity contribution in [1.29, 1.82) is 0 Å². The number of pyridine rings is 1. The second kappa shape index (κ2) is 5.32. The van der Waals surface area contributed by atoms with Crippen molar-refractivity contribution >= 4 is 28.0 Å². The van der Waals surface area contributed by atoms with E-state index in [-0.39, 0.29) is 5.56 Å². The highest BCUT2D eigenvalue weighted by Gasteiger charge is 2.15. The first-order valence-corrected chi connectivity index (χ1v) is 6.28. The van der Waals surface area contributed by atoms with Crippen molar-refractivity contribution in [3.63, 3.8) is 0 Å². The third-order valence-electron chi connectivity index (χ3n) is 2.69. The fourth-order valence-electron chi connectivity index (χ4n) is 1.72. The second-order valence-corrected chi connectivity index (χ2v) is 4.97. The SMILES string of the molecule is Cn1cc(C=O)cc(C(=O)c2ccc(Br)cc2)c1=O. The fraction of sp³-hybridized carbons (Fsp3) is 0.0714. The topological polar surface area (TPSA) is 56.1 Å². The molecule has 96 valence electrons. The Hall–Kier alpha value is -2.01. The number of aryl methyl sites for hydroxylation is 1. The van der Waals surface area contributed by atoms with E-state index in [0.29, 0.717) is 17.4 Å². The summed E-state index contributed by atoms with van der Waals surface area (Å²) in [4.78, 5) is 35.0. The molecule has 1 aromatic carbocycles. The normalized spacial score (nSPS) is 10.2. The quantitative estimate of drug-likeness (QED) is 0.643. The maximum Gasteiger partial charge on any atom is 0.261 e. The van der Waals surface area contributed by atoms with Crippen LogP contribution < -0.4 is 5.56 Å². The average Bonchev–Trinajstić information content (AvgIpc) is 2.41. The number of nitrogens with zero attached hydrogens (tertiary/aromatic N) is 1. The van der Waals surface area contributed by atoms with Gasteiger partial charge in [-0.1, -0.05) is 15.9 Å². The van der Waals surface area contributed by atoms with Crippen molar-refractivity contribution in [1.82, 2.24) is 4.57 Å². The Balaban J connectivity index is 2.55. The first-order valence-electron chi connectivity index (χ1n) is 5.49. The standard InChI is InChI=1S/C14H10BrNO3/c1-16-7-9(8-17)6-12(14(16)19)13(18)10-2-4-11(15)5-3-10/h2-8H,1H3. The van der Waals surface area contributed by atoms with Gasteiger partial charge < -0.3 is 4.57 Å². The largest absolute Gasteiger partial charge is 0.317 e. The van der Waals surface area contributed by atoms with E-state index in [1.807, 2.05) is 0 Å². The molecule has 0 N–H and O–H groups in total. The molecule has 0 radical (unpaired) electrons. The number of benzene rings is 1. The van der Waals surface area contributed by atoms with Gasteiger partial charge in [0.05, 0.1) is 5.56 Å². The molecule has 19 heavy (non-hydrogen) atoms. The molecule has 0 saturated carbocycles. The van der Waals surface area contributed by atoms with E-state index in [1.165, 1.54) is 23.9 Å². The summed E-state index contributed by atoms with van der Waals surface area (Å²) in [7, 11) is 1.51. The Bertz CT molecular complexity index is 702. The number of halogens is 1. The van der Waals surface area contributed by atoms with Crippen LogP contribution in [0.5, 0.6) is 0 Å². The van der Waals surface area contributed by atoms with E-state index < -0.39 is 11.3 Å². The van der Waals surface area contributed by atoms with Crippen LogP contribution in [0.4, 0.5) is 0 Å². The lowest BCUT2D eigenvalue weighted by molar-refractivity contribution is 0.103. The first kappa shape index (κ1) is 13.4. The highest BCUT2D eigenvalue weighted by molar-refractivity contribution is 9.10. The van der Waals surface area contributed by atoms with Gasteiger partial charge in [0.1, 0.15) is 0 Å². The van der Waals surface area contributed by atoms with Crippen LogP contribution in [-0.4, -0.2) is 16.6 Å². The molecule has 1 heterocycles. The Kier molecular flexibility index (Phi) is 3.76. The van der Waals surface area contributed by atoms with Crippen LogP contribution in [0.2, 0.25) is 0 Å². The smallest absolute Gasteiger partial charge is 0.261 e. The van der Waals surface area contributed by atoms with Crippen LogP contribution in [0.1, 0.15) is 26.3 Å². The molecule has 1 aromatic heterocycles. The number of ketones is 1. The summed E-state index contributed by atoms with van der Waals surface area (Å²) in [6.45, 7) is 0. The lowest BCUT2D eigenvalue weighted by Gasteiger charge is -2.05. The maximum absolute atomic E-state index is 12.3. The highest BCUT2D eigenvalue weighted by atomic mass is 79.9. The summed E-state index contributed by atoms with van der Waals surface area (Å²) in [6.07, 6.45) is 2.01. The number of hydrogen-bond acceptors (Lipinski definition) is 3. The molecule has 2 rings (SSSR count). The monoisotopic (exact) mass is 319 g/mol. The highest BCUT2D eigenvalue weighted by Crippen LogP contribution is 2.13. The van der Waals surface area contributed by atoms with Crippen LogP contribution in [0.3, 0.4) is 0 Å². The van der Waals surface area contributed by atoms with Gasteiger partial charge in [-0.05, 0) is 30.3 Å². The third kappa shape index (κ3) is 2.71. The van der Waals surface area contributed by atoms with Gasteiger partial charge in [0.2, 0.25) is 0 Å². The number of rotatable bonds is 3. The minimum atomic E-state index is -0.418. The summed E-state index contributed by atoms with van der Waals surface area (Å²) in [5.41, 5.74) is 0.277. The van der Waals surface area contributed by atoms with Crippen LogP contribution in [-0.2, 0) is 7.05 Å². The van der Waals surface area contributed by atoms with E-state index >= 15 is 0 Å². The molecular formula is C14H10BrNO3. The number of carbonyl (C=O) groups excluding carboxylic acids is 2. The zero-order valence-corrected chi connectivity index (χ0v) is 11.7. The Morgan fingerprint density at radius 2 is 1.89 bits per heavy atom. The summed E-state index contributed by atoms with van der Waals surface area (Å²) in [5, 5.41) is 0. The molecular weight excluding hydrogens is 310 g/mol. The molecule has 0 amide bonds. The molecule has 0 saturated heterocycles. The summed E-state index contributed by atoms with van der Waals surface area (Å²) in [6, 6.07) is 8.02. The molecule has 0 aliphatic rings. The number of hydrogen-bond donors (Lipinski definition) is 0. The number of aldehydes is 1. The van der Waals surface area contributed by atoms with Crippen molar-refractivity contribution in [3.8, 4) is 0 Å². The van der Waals surface area contributed by atoms with Gasteiger partial charge in [-0.15, -0.1) is 0 Å². The van der Waals surface area contributed by atoms with Crippen molar-refractivity contribution in [2.75, 3.05) is 0 Å². The predicted molar refractivity (Wildman–Crippen MR) is 74.6 cm³/mol. The summed E-state index contributed by atoms with van der Waals surface area (Å²) < 4.78 is 2.08.